The quantitative estimate of drug-likeness (QED) is 0.622. The second kappa shape index (κ2) is 4.27. The van der Waals surface area contributed by atoms with Crippen LogP contribution in [-0.2, 0) is 4.79 Å². The van der Waals surface area contributed by atoms with E-state index in [1.54, 1.807) is 0 Å². The van der Waals surface area contributed by atoms with Gasteiger partial charge in [0.1, 0.15) is 11.4 Å². The van der Waals surface area contributed by atoms with Crippen LogP contribution in [-0.4, -0.2) is 21.6 Å². The average molecular weight is 219 g/mol. The number of carbonyl (C=O) groups is 1. The molecule has 1 amide bonds. The molecule has 1 aromatic carbocycles. The minimum atomic E-state index is -0.345. The monoisotopic (exact) mass is 219 g/mol. The molecule has 0 radical (unpaired) electrons. The lowest BCUT2D eigenvalue weighted by Gasteiger charge is -2.02. The number of rotatable bonds is 3. The predicted molar refractivity (Wildman–Crippen MR) is 59.5 cm³/mol. The van der Waals surface area contributed by atoms with Gasteiger partial charge in [0.2, 0.25) is 5.91 Å². The van der Waals surface area contributed by atoms with Crippen molar-refractivity contribution in [2.75, 3.05) is 5.75 Å². The summed E-state index contributed by atoms with van der Waals surface area (Å²) in [6.45, 7) is 0. The number of carbonyl (C=O) groups excluding carboxylic acids is 1. The third-order valence-corrected chi connectivity index (χ3v) is 2.89. The fourth-order valence-electron chi connectivity index (χ4n) is 1.23. The molecule has 0 bridgehead atoms. The van der Waals surface area contributed by atoms with Gasteiger partial charge in [-0.15, -0.1) is 0 Å². The lowest BCUT2D eigenvalue weighted by atomic mass is 10.2. The largest absolute Gasteiger partial charge is 0.369 e. The Labute approximate surface area is 90.9 Å². The van der Waals surface area contributed by atoms with Crippen LogP contribution in [0.3, 0.4) is 0 Å². The molecule has 0 spiro atoms. The van der Waals surface area contributed by atoms with Crippen molar-refractivity contribution < 1.29 is 4.79 Å². The summed E-state index contributed by atoms with van der Waals surface area (Å²) in [6.07, 6.45) is 1.49. The zero-order valence-electron chi connectivity index (χ0n) is 7.88. The van der Waals surface area contributed by atoms with Crippen molar-refractivity contribution in [3.63, 3.8) is 0 Å². The molecule has 0 saturated heterocycles. The molecule has 2 rings (SSSR count). The number of nitrogens with zero attached hydrogens (tertiary/aromatic N) is 2. The van der Waals surface area contributed by atoms with E-state index >= 15 is 0 Å². The van der Waals surface area contributed by atoms with Gasteiger partial charge in [-0.1, -0.05) is 30.0 Å². The Kier molecular flexibility index (Phi) is 2.82. The number of para-hydroxylation sites is 1. The van der Waals surface area contributed by atoms with Crippen LogP contribution in [0.5, 0.6) is 0 Å². The van der Waals surface area contributed by atoms with Gasteiger partial charge in [-0.3, -0.25) is 4.79 Å². The highest BCUT2D eigenvalue weighted by atomic mass is 32.2. The zero-order valence-corrected chi connectivity index (χ0v) is 8.70. The third-order valence-electron chi connectivity index (χ3n) is 1.86. The molecule has 15 heavy (non-hydrogen) atoms. The van der Waals surface area contributed by atoms with E-state index in [1.165, 1.54) is 18.1 Å². The first-order chi connectivity index (χ1) is 7.27. The molecule has 0 atom stereocenters. The Morgan fingerprint density at radius 3 is 2.93 bits per heavy atom. The van der Waals surface area contributed by atoms with Crippen molar-refractivity contribution in [1.82, 2.24) is 9.97 Å². The summed E-state index contributed by atoms with van der Waals surface area (Å²) >= 11 is 1.33. The number of nitrogens with two attached hydrogens (primary N) is 1. The SMILES string of the molecule is NC(=O)CSc1ncnc2ccccc12. The minimum Gasteiger partial charge on any atom is -0.369 e. The molecule has 1 aromatic heterocycles. The summed E-state index contributed by atoms with van der Waals surface area (Å²) in [5, 5.41) is 1.74. The van der Waals surface area contributed by atoms with Gasteiger partial charge in [0.05, 0.1) is 11.3 Å². The van der Waals surface area contributed by atoms with Crippen LogP contribution in [0.2, 0.25) is 0 Å². The van der Waals surface area contributed by atoms with Gasteiger partial charge in [-0.25, -0.2) is 9.97 Å². The van der Waals surface area contributed by atoms with E-state index in [1.807, 2.05) is 24.3 Å². The topological polar surface area (TPSA) is 68.9 Å². The molecule has 2 aromatic rings. The van der Waals surface area contributed by atoms with Gasteiger partial charge in [0.25, 0.3) is 0 Å². The molecular weight excluding hydrogens is 210 g/mol. The molecule has 76 valence electrons. The highest BCUT2D eigenvalue weighted by molar-refractivity contribution is 8.00. The third kappa shape index (κ3) is 2.24. The Morgan fingerprint density at radius 1 is 1.33 bits per heavy atom. The first kappa shape index (κ1) is 9.92. The number of aromatic nitrogens is 2. The van der Waals surface area contributed by atoms with Crippen molar-refractivity contribution in [2.24, 2.45) is 5.73 Å². The summed E-state index contributed by atoms with van der Waals surface area (Å²) in [5.41, 5.74) is 5.96. The van der Waals surface area contributed by atoms with E-state index in [0.29, 0.717) is 0 Å². The summed E-state index contributed by atoms with van der Waals surface area (Å²) in [5.74, 6) is -0.108. The molecule has 0 aliphatic rings. The summed E-state index contributed by atoms with van der Waals surface area (Å²) in [7, 11) is 0. The Bertz CT molecular complexity index is 495. The maximum absolute atomic E-state index is 10.7. The molecule has 0 aliphatic heterocycles. The van der Waals surface area contributed by atoms with Crippen molar-refractivity contribution in [3.8, 4) is 0 Å². The smallest absolute Gasteiger partial charge is 0.227 e. The van der Waals surface area contributed by atoms with E-state index in [9.17, 15) is 4.79 Å². The number of hydrogen-bond donors (Lipinski definition) is 1. The maximum Gasteiger partial charge on any atom is 0.227 e. The Morgan fingerprint density at radius 2 is 2.13 bits per heavy atom. The predicted octanol–water partition coefficient (Wildman–Crippen LogP) is 1.21. The van der Waals surface area contributed by atoms with Crippen molar-refractivity contribution >= 4 is 28.6 Å². The summed E-state index contributed by atoms with van der Waals surface area (Å²) in [6, 6.07) is 7.67. The van der Waals surface area contributed by atoms with E-state index in [-0.39, 0.29) is 11.7 Å². The Balaban J connectivity index is 2.38. The van der Waals surface area contributed by atoms with Crippen LogP contribution in [0, 0.1) is 0 Å². The van der Waals surface area contributed by atoms with Gasteiger partial charge in [-0.05, 0) is 6.07 Å². The molecular formula is C10H9N3OS. The van der Waals surface area contributed by atoms with Crippen LogP contribution in [0.1, 0.15) is 0 Å². The van der Waals surface area contributed by atoms with Crippen molar-refractivity contribution in [1.29, 1.82) is 0 Å². The maximum atomic E-state index is 10.7. The van der Waals surface area contributed by atoms with Gasteiger partial charge >= 0.3 is 0 Å². The minimum absolute atomic E-state index is 0.237. The number of hydrogen-bond acceptors (Lipinski definition) is 4. The fraction of sp³-hybridized carbons (Fsp3) is 0.100. The van der Waals surface area contributed by atoms with Crippen LogP contribution in [0.25, 0.3) is 10.9 Å². The van der Waals surface area contributed by atoms with Crippen LogP contribution < -0.4 is 5.73 Å². The van der Waals surface area contributed by atoms with Gasteiger partial charge in [0.15, 0.2) is 0 Å². The Hall–Kier alpha value is -1.62. The first-order valence-corrected chi connectivity index (χ1v) is 5.37. The lowest BCUT2D eigenvalue weighted by molar-refractivity contribution is -0.115. The van der Waals surface area contributed by atoms with Crippen LogP contribution in [0.4, 0.5) is 0 Å². The number of primary amides is 1. The summed E-state index contributed by atoms with van der Waals surface area (Å²) in [4.78, 5) is 18.9. The van der Waals surface area contributed by atoms with Gasteiger partial charge < -0.3 is 5.73 Å². The molecule has 0 aliphatic carbocycles. The van der Waals surface area contributed by atoms with E-state index in [4.69, 9.17) is 5.73 Å². The van der Waals surface area contributed by atoms with Crippen LogP contribution >= 0.6 is 11.8 Å². The van der Waals surface area contributed by atoms with Gasteiger partial charge in [-0.2, -0.15) is 0 Å². The molecule has 4 nitrogen and oxygen atoms in total. The zero-order chi connectivity index (χ0) is 10.7. The number of thioether (sulfide) groups is 1. The second-order valence-electron chi connectivity index (χ2n) is 2.95. The summed E-state index contributed by atoms with van der Waals surface area (Å²) < 4.78 is 0. The lowest BCUT2D eigenvalue weighted by Crippen LogP contribution is -2.13. The van der Waals surface area contributed by atoms with E-state index in [2.05, 4.69) is 9.97 Å². The standard InChI is InChI=1S/C10H9N3OS/c11-9(14)5-15-10-7-3-1-2-4-8(7)12-6-13-10/h1-4,6H,5H2,(H2,11,14). The molecule has 1 heterocycles. The first-order valence-electron chi connectivity index (χ1n) is 4.38. The second-order valence-corrected chi connectivity index (χ2v) is 3.92. The van der Waals surface area contributed by atoms with Crippen molar-refractivity contribution in [3.05, 3.63) is 30.6 Å². The molecule has 0 fully saturated rings. The average Bonchev–Trinajstić information content (AvgIpc) is 2.26. The highest BCUT2D eigenvalue weighted by Crippen LogP contribution is 2.23. The highest BCUT2D eigenvalue weighted by Gasteiger charge is 2.04. The number of benzene rings is 1. The van der Waals surface area contributed by atoms with E-state index < -0.39 is 0 Å². The fourth-order valence-corrected chi connectivity index (χ4v) is 1.96. The number of amides is 1. The molecule has 0 unspecified atom stereocenters. The molecule has 5 heteroatoms. The van der Waals surface area contributed by atoms with Crippen molar-refractivity contribution in [2.45, 2.75) is 5.03 Å². The van der Waals surface area contributed by atoms with Crippen LogP contribution in [0.15, 0.2) is 35.6 Å². The van der Waals surface area contributed by atoms with E-state index in [0.717, 1.165) is 15.9 Å². The molecule has 0 saturated carbocycles. The molecule has 2 N–H and O–H groups in total. The number of fused-ring (bicyclic) bond motifs is 1. The normalized spacial score (nSPS) is 10.4. The van der Waals surface area contributed by atoms with Gasteiger partial charge in [0, 0.05) is 5.39 Å².